The van der Waals surface area contributed by atoms with E-state index in [1.807, 2.05) is 37.3 Å². The Labute approximate surface area is 147 Å². The van der Waals surface area contributed by atoms with Crippen molar-refractivity contribution in [3.05, 3.63) is 89.4 Å². The van der Waals surface area contributed by atoms with E-state index in [1.54, 1.807) is 36.4 Å². The minimum Gasteiger partial charge on any atom is -0.235 e. The van der Waals surface area contributed by atoms with Crippen LogP contribution in [-0.2, 0) is 10.0 Å². The second-order valence-electron chi connectivity index (χ2n) is 5.39. The van der Waals surface area contributed by atoms with Gasteiger partial charge < -0.3 is 0 Å². The van der Waals surface area contributed by atoms with Crippen molar-refractivity contribution in [3.8, 4) is 0 Å². The topological polar surface area (TPSA) is 37.4 Å². The molecule has 0 spiro atoms. The van der Waals surface area contributed by atoms with E-state index in [-0.39, 0.29) is 4.90 Å². The Morgan fingerprint density at radius 2 is 1.29 bits per heavy atom. The number of hydrogen-bond acceptors (Lipinski definition) is 2. The number of benzene rings is 3. The molecule has 3 rings (SSSR count). The Morgan fingerprint density at radius 3 is 1.88 bits per heavy atom. The highest BCUT2D eigenvalue weighted by molar-refractivity contribution is 7.93. The number of rotatable bonds is 4. The SMILES string of the molecule is Cc1ccc(N(c2ccccc2)S(=O)(=O)c2ccc(Cl)cc2)cc1. The molecule has 0 N–H and O–H groups in total. The first-order valence-electron chi connectivity index (χ1n) is 7.41. The van der Waals surface area contributed by atoms with E-state index >= 15 is 0 Å². The van der Waals surface area contributed by atoms with E-state index in [0.29, 0.717) is 16.4 Å². The van der Waals surface area contributed by atoms with E-state index in [1.165, 1.54) is 16.4 Å². The van der Waals surface area contributed by atoms with E-state index < -0.39 is 10.0 Å². The number of anilines is 2. The Morgan fingerprint density at radius 1 is 0.750 bits per heavy atom. The van der Waals surface area contributed by atoms with Crippen molar-refractivity contribution in [2.45, 2.75) is 11.8 Å². The maximum Gasteiger partial charge on any atom is 0.268 e. The molecule has 0 aromatic heterocycles. The molecule has 122 valence electrons. The third-order valence-electron chi connectivity index (χ3n) is 3.61. The van der Waals surface area contributed by atoms with E-state index in [0.717, 1.165) is 5.56 Å². The molecular weight excluding hydrogens is 342 g/mol. The molecule has 3 nitrogen and oxygen atoms in total. The fourth-order valence-corrected chi connectivity index (χ4v) is 4.00. The molecule has 0 saturated carbocycles. The molecule has 3 aromatic carbocycles. The number of halogens is 1. The predicted octanol–water partition coefficient (Wildman–Crippen LogP) is 5.18. The molecule has 0 unspecified atom stereocenters. The molecule has 0 saturated heterocycles. The van der Waals surface area contributed by atoms with Crippen molar-refractivity contribution in [1.29, 1.82) is 0 Å². The molecule has 0 aliphatic heterocycles. The standard InChI is InChI=1S/C19H16ClNO2S/c1-15-7-11-18(12-8-15)21(17-5-3-2-4-6-17)24(22,23)19-13-9-16(20)10-14-19/h2-14H,1H3. The van der Waals surface area contributed by atoms with Gasteiger partial charge in [0.25, 0.3) is 10.0 Å². The monoisotopic (exact) mass is 357 g/mol. The molecule has 0 heterocycles. The van der Waals surface area contributed by atoms with Crippen LogP contribution in [0.2, 0.25) is 5.02 Å². The van der Waals surface area contributed by atoms with Gasteiger partial charge in [-0.25, -0.2) is 12.7 Å². The van der Waals surface area contributed by atoms with Gasteiger partial charge in [-0.1, -0.05) is 47.5 Å². The van der Waals surface area contributed by atoms with Crippen LogP contribution in [0.25, 0.3) is 0 Å². The summed E-state index contributed by atoms with van der Waals surface area (Å²) >= 11 is 5.88. The zero-order chi connectivity index (χ0) is 17.2. The summed E-state index contributed by atoms with van der Waals surface area (Å²) in [5, 5.41) is 0.496. The third-order valence-corrected chi connectivity index (χ3v) is 5.63. The van der Waals surface area contributed by atoms with E-state index in [9.17, 15) is 8.42 Å². The molecule has 0 aliphatic rings. The van der Waals surface area contributed by atoms with Gasteiger partial charge in [0, 0.05) is 5.02 Å². The highest BCUT2D eigenvalue weighted by Gasteiger charge is 2.26. The van der Waals surface area contributed by atoms with Crippen LogP contribution >= 0.6 is 11.6 Å². The van der Waals surface area contributed by atoms with Gasteiger partial charge >= 0.3 is 0 Å². The highest BCUT2D eigenvalue weighted by atomic mass is 35.5. The molecule has 0 fully saturated rings. The van der Waals surface area contributed by atoms with Gasteiger partial charge in [-0.2, -0.15) is 0 Å². The summed E-state index contributed by atoms with van der Waals surface area (Å²) in [4.78, 5) is 0.191. The average molecular weight is 358 g/mol. The summed E-state index contributed by atoms with van der Waals surface area (Å²) in [6, 6.07) is 22.6. The lowest BCUT2D eigenvalue weighted by atomic mass is 10.2. The van der Waals surface area contributed by atoms with Crippen LogP contribution in [0.15, 0.2) is 83.8 Å². The summed E-state index contributed by atoms with van der Waals surface area (Å²) in [6.07, 6.45) is 0. The van der Waals surface area contributed by atoms with Crippen molar-refractivity contribution in [2.75, 3.05) is 4.31 Å². The minimum atomic E-state index is -3.76. The molecule has 5 heteroatoms. The smallest absolute Gasteiger partial charge is 0.235 e. The van der Waals surface area contributed by atoms with Crippen molar-refractivity contribution in [2.24, 2.45) is 0 Å². The summed E-state index contributed by atoms with van der Waals surface area (Å²) in [5.74, 6) is 0. The molecule has 3 aromatic rings. The Hall–Kier alpha value is -2.30. The predicted molar refractivity (Wildman–Crippen MR) is 98.4 cm³/mol. The third kappa shape index (κ3) is 3.30. The first-order valence-corrected chi connectivity index (χ1v) is 9.23. The van der Waals surface area contributed by atoms with Crippen LogP contribution in [0.5, 0.6) is 0 Å². The number of aryl methyl sites for hydroxylation is 1. The lowest BCUT2D eigenvalue weighted by Crippen LogP contribution is -2.26. The molecule has 0 radical (unpaired) electrons. The van der Waals surface area contributed by atoms with Gasteiger partial charge in [0.2, 0.25) is 0 Å². The number of para-hydroxylation sites is 1. The highest BCUT2D eigenvalue weighted by Crippen LogP contribution is 2.32. The summed E-state index contributed by atoms with van der Waals surface area (Å²) < 4.78 is 27.8. The van der Waals surface area contributed by atoms with Crippen LogP contribution in [0.1, 0.15) is 5.56 Å². The lowest BCUT2D eigenvalue weighted by Gasteiger charge is -2.24. The minimum absolute atomic E-state index is 0.191. The van der Waals surface area contributed by atoms with Crippen LogP contribution < -0.4 is 4.31 Å². The van der Waals surface area contributed by atoms with Crippen LogP contribution in [0, 0.1) is 6.92 Å². The Balaban J connectivity index is 2.17. The average Bonchev–Trinajstić information content (AvgIpc) is 2.58. The maximum absolute atomic E-state index is 13.2. The molecule has 24 heavy (non-hydrogen) atoms. The largest absolute Gasteiger partial charge is 0.268 e. The zero-order valence-electron chi connectivity index (χ0n) is 13.1. The van der Waals surface area contributed by atoms with Gasteiger partial charge in [0.1, 0.15) is 0 Å². The molecule has 0 bridgehead atoms. The van der Waals surface area contributed by atoms with Crippen molar-refractivity contribution >= 4 is 33.0 Å². The number of nitrogens with zero attached hydrogens (tertiary/aromatic N) is 1. The molecular formula is C19H16ClNO2S. The van der Waals surface area contributed by atoms with E-state index in [4.69, 9.17) is 11.6 Å². The second kappa shape index (κ2) is 6.67. The van der Waals surface area contributed by atoms with Gasteiger partial charge in [-0.05, 0) is 55.5 Å². The van der Waals surface area contributed by atoms with Crippen LogP contribution in [-0.4, -0.2) is 8.42 Å². The number of hydrogen-bond donors (Lipinski definition) is 0. The van der Waals surface area contributed by atoms with Gasteiger partial charge in [0.05, 0.1) is 16.3 Å². The quantitative estimate of drug-likeness (QED) is 0.645. The van der Waals surface area contributed by atoms with E-state index in [2.05, 4.69) is 0 Å². The number of sulfonamides is 1. The first kappa shape index (κ1) is 16.6. The van der Waals surface area contributed by atoms with Crippen molar-refractivity contribution in [1.82, 2.24) is 0 Å². The maximum atomic E-state index is 13.2. The fraction of sp³-hybridized carbons (Fsp3) is 0.0526. The molecule has 0 amide bonds. The first-order chi connectivity index (χ1) is 11.5. The molecule has 0 atom stereocenters. The Bertz CT molecular complexity index is 921. The van der Waals surface area contributed by atoms with Gasteiger partial charge in [-0.3, -0.25) is 0 Å². The summed E-state index contributed by atoms with van der Waals surface area (Å²) in [6.45, 7) is 1.96. The van der Waals surface area contributed by atoms with Crippen LogP contribution in [0.3, 0.4) is 0 Å². The van der Waals surface area contributed by atoms with Crippen molar-refractivity contribution in [3.63, 3.8) is 0 Å². The van der Waals surface area contributed by atoms with Gasteiger partial charge in [-0.15, -0.1) is 0 Å². The molecule has 0 aliphatic carbocycles. The second-order valence-corrected chi connectivity index (χ2v) is 7.62. The van der Waals surface area contributed by atoms with Crippen molar-refractivity contribution < 1.29 is 8.42 Å². The van der Waals surface area contributed by atoms with Crippen LogP contribution in [0.4, 0.5) is 11.4 Å². The lowest BCUT2D eigenvalue weighted by molar-refractivity contribution is 0.596. The van der Waals surface area contributed by atoms with Gasteiger partial charge in [0.15, 0.2) is 0 Å². The Kier molecular flexibility index (Phi) is 4.60. The summed E-state index contributed by atoms with van der Waals surface area (Å²) in [5.41, 5.74) is 2.23. The fourth-order valence-electron chi connectivity index (χ4n) is 2.38. The summed E-state index contributed by atoms with van der Waals surface area (Å²) in [7, 11) is -3.76. The normalized spacial score (nSPS) is 11.2. The zero-order valence-corrected chi connectivity index (χ0v) is 14.6.